The molecule has 0 radical (unpaired) electrons. The summed E-state index contributed by atoms with van der Waals surface area (Å²) in [4.78, 5) is 20.7. The number of aromatic carboxylic acids is 1. The van der Waals surface area contributed by atoms with Crippen molar-refractivity contribution in [3.05, 3.63) is 41.2 Å². The van der Waals surface area contributed by atoms with Gasteiger partial charge in [-0.3, -0.25) is 4.79 Å². The number of carbonyl (C=O) groups is 2. The van der Waals surface area contributed by atoms with E-state index in [1.165, 1.54) is 12.1 Å². The van der Waals surface area contributed by atoms with E-state index in [1.807, 2.05) is 0 Å². The van der Waals surface area contributed by atoms with Gasteiger partial charge in [0.15, 0.2) is 0 Å². The number of carboxylic acids is 1. The fraction of sp³-hybridized carbons (Fsp3) is 0. The number of halogens is 1. The summed E-state index contributed by atoms with van der Waals surface area (Å²) >= 11 is 0. The summed E-state index contributed by atoms with van der Waals surface area (Å²) in [7, 11) is 0. The highest BCUT2D eigenvalue weighted by atomic mass is 19.1. The lowest BCUT2D eigenvalue weighted by atomic mass is 10.1. The molecule has 72 valence electrons. The summed E-state index contributed by atoms with van der Waals surface area (Å²) in [6.07, 6.45) is 2.63. The van der Waals surface area contributed by atoms with Gasteiger partial charge >= 0.3 is 5.97 Å². The molecule has 3 nitrogen and oxygen atoms in total. The maximum absolute atomic E-state index is 13.1. The van der Waals surface area contributed by atoms with Crippen LogP contribution in [0.5, 0.6) is 0 Å². The molecule has 0 atom stereocenters. The number of aldehydes is 1. The molecular weight excluding hydrogens is 187 g/mol. The number of rotatable bonds is 3. The Morgan fingerprint density at radius 1 is 1.43 bits per heavy atom. The Labute approximate surface area is 79.5 Å². The maximum atomic E-state index is 13.1. The number of carbonyl (C=O) groups excluding carboxylic acids is 1. The second kappa shape index (κ2) is 4.32. The Hall–Kier alpha value is -1.97. The van der Waals surface area contributed by atoms with E-state index in [0.29, 0.717) is 6.29 Å². The monoisotopic (exact) mass is 194 g/mol. The Morgan fingerprint density at radius 3 is 2.71 bits per heavy atom. The lowest BCUT2D eigenvalue weighted by Gasteiger charge is -2.01. The van der Waals surface area contributed by atoms with Crippen LogP contribution in [0.3, 0.4) is 0 Å². The molecule has 0 fully saturated rings. The second-order valence-corrected chi connectivity index (χ2v) is 2.50. The summed E-state index contributed by atoms with van der Waals surface area (Å²) in [5, 5.41) is 8.70. The van der Waals surface area contributed by atoms with E-state index in [4.69, 9.17) is 5.11 Å². The molecule has 0 unspecified atom stereocenters. The van der Waals surface area contributed by atoms with E-state index in [2.05, 4.69) is 0 Å². The van der Waals surface area contributed by atoms with Crippen molar-refractivity contribution >= 4 is 18.3 Å². The molecule has 0 heterocycles. The highest BCUT2D eigenvalue weighted by molar-refractivity contribution is 5.93. The summed E-state index contributed by atoms with van der Waals surface area (Å²) in [6, 6.07) is 3.71. The highest BCUT2D eigenvalue weighted by Crippen LogP contribution is 2.15. The first-order chi connectivity index (χ1) is 6.66. The lowest BCUT2D eigenvalue weighted by Crippen LogP contribution is -2.01. The van der Waals surface area contributed by atoms with E-state index in [0.717, 1.165) is 18.2 Å². The van der Waals surface area contributed by atoms with Gasteiger partial charge in [0.1, 0.15) is 12.1 Å². The van der Waals surface area contributed by atoms with Crippen molar-refractivity contribution in [2.75, 3.05) is 0 Å². The fourth-order valence-electron chi connectivity index (χ4n) is 1.03. The third kappa shape index (κ3) is 2.04. The zero-order chi connectivity index (χ0) is 10.6. The lowest BCUT2D eigenvalue weighted by molar-refractivity contribution is -0.104. The van der Waals surface area contributed by atoms with Crippen LogP contribution in [0.15, 0.2) is 24.3 Å². The van der Waals surface area contributed by atoms with Crippen molar-refractivity contribution in [3.8, 4) is 0 Å². The van der Waals surface area contributed by atoms with E-state index in [9.17, 15) is 14.0 Å². The SMILES string of the molecule is O=CC=Cc1c(F)cccc1C(=O)O. The van der Waals surface area contributed by atoms with Crippen molar-refractivity contribution in [1.82, 2.24) is 0 Å². The van der Waals surface area contributed by atoms with Crippen LogP contribution >= 0.6 is 0 Å². The van der Waals surface area contributed by atoms with Crippen LogP contribution in [0.1, 0.15) is 15.9 Å². The first-order valence-electron chi connectivity index (χ1n) is 3.80. The molecule has 0 aliphatic rings. The molecule has 1 aromatic carbocycles. The molecule has 0 saturated carbocycles. The molecule has 1 aromatic rings. The molecule has 0 aromatic heterocycles. The third-order valence-corrected chi connectivity index (χ3v) is 1.62. The van der Waals surface area contributed by atoms with Crippen molar-refractivity contribution in [1.29, 1.82) is 0 Å². The van der Waals surface area contributed by atoms with Gasteiger partial charge in [0.05, 0.1) is 5.56 Å². The highest BCUT2D eigenvalue weighted by Gasteiger charge is 2.10. The number of benzene rings is 1. The zero-order valence-electron chi connectivity index (χ0n) is 7.11. The molecule has 0 bridgehead atoms. The summed E-state index contributed by atoms with van der Waals surface area (Å²) in [6.45, 7) is 0. The molecule has 4 heteroatoms. The van der Waals surface area contributed by atoms with Crippen molar-refractivity contribution in [2.45, 2.75) is 0 Å². The minimum atomic E-state index is -1.23. The Kier molecular flexibility index (Phi) is 3.12. The van der Waals surface area contributed by atoms with Gasteiger partial charge in [0, 0.05) is 5.56 Å². The van der Waals surface area contributed by atoms with Gasteiger partial charge < -0.3 is 5.11 Å². The molecule has 14 heavy (non-hydrogen) atoms. The predicted molar refractivity (Wildman–Crippen MR) is 48.5 cm³/mol. The summed E-state index contributed by atoms with van der Waals surface area (Å²) in [5.74, 6) is -1.89. The standard InChI is InChI=1S/C10H7FO3/c11-9-5-1-3-8(10(13)14)7(9)4-2-6-12/h1-6H,(H,13,14). The molecule has 0 amide bonds. The van der Waals surface area contributed by atoms with E-state index in [1.54, 1.807) is 0 Å². The minimum absolute atomic E-state index is 0.0906. The number of carboxylic acid groups (broad SMARTS) is 1. The van der Waals surface area contributed by atoms with Gasteiger partial charge in [-0.25, -0.2) is 9.18 Å². The summed E-state index contributed by atoms with van der Waals surface area (Å²) in [5.41, 5.74) is -0.254. The molecule has 1 N–H and O–H groups in total. The van der Waals surface area contributed by atoms with Crippen molar-refractivity contribution in [2.24, 2.45) is 0 Å². The fourth-order valence-corrected chi connectivity index (χ4v) is 1.03. The smallest absolute Gasteiger partial charge is 0.336 e. The first-order valence-corrected chi connectivity index (χ1v) is 3.80. The van der Waals surface area contributed by atoms with E-state index >= 15 is 0 Å². The van der Waals surface area contributed by atoms with Gasteiger partial charge in [-0.05, 0) is 24.3 Å². The molecule has 0 spiro atoms. The number of hydrogen-bond donors (Lipinski definition) is 1. The number of hydrogen-bond acceptors (Lipinski definition) is 2. The van der Waals surface area contributed by atoms with Crippen LogP contribution in [0.25, 0.3) is 6.08 Å². The quantitative estimate of drug-likeness (QED) is 0.589. The Morgan fingerprint density at radius 2 is 2.14 bits per heavy atom. The Balaban J connectivity index is 3.28. The average Bonchev–Trinajstić information content (AvgIpc) is 2.15. The summed E-state index contributed by atoms with van der Waals surface area (Å²) < 4.78 is 13.1. The van der Waals surface area contributed by atoms with E-state index < -0.39 is 11.8 Å². The minimum Gasteiger partial charge on any atom is -0.478 e. The molecule has 0 aliphatic carbocycles. The maximum Gasteiger partial charge on any atom is 0.336 e. The van der Waals surface area contributed by atoms with Crippen molar-refractivity contribution in [3.63, 3.8) is 0 Å². The zero-order valence-corrected chi connectivity index (χ0v) is 7.11. The third-order valence-electron chi connectivity index (χ3n) is 1.62. The number of allylic oxidation sites excluding steroid dienone is 1. The molecular formula is C10H7FO3. The van der Waals surface area contributed by atoms with Crippen molar-refractivity contribution < 1.29 is 19.1 Å². The molecule has 0 saturated heterocycles. The van der Waals surface area contributed by atoms with Crippen LogP contribution in [0.2, 0.25) is 0 Å². The normalized spacial score (nSPS) is 10.4. The van der Waals surface area contributed by atoms with Crippen LogP contribution < -0.4 is 0 Å². The van der Waals surface area contributed by atoms with Crippen LogP contribution in [-0.4, -0.2) is 17.4 Å². The molecule has 1 rings (SSSR count). The van der Waals surface area contributed by atoms with Gasteiger partial charge in [-0.15, -0.1) is 0 Å². The first kappa shape index (κ1) is 10.1. The average molecular weight is 194 g/mol. The van der Waals surface area contributed by atoms with Crippen LogP contribution in [0, 0.1) is 5.82 Å². The van der Waals surface area contributed by atoms with Gasteiger partial charge in [-0.2, -0.15) is 0 Å². The molecule has 0 aliphatic heterocycles. The topological polar surface area (TPSA) is 54.4 Å². The second-order valence-electron chi connectivity index (χ2n) is 2.50. The van der Waals surface area contributed by atoms with Gasteiger partial charge in [0.25, 0.3) is 0 Å². The van der Waals surface area contributed by atoms with Crippen LogP contribution in [-0.2, 0) is 4.79 Å². The largest absolute Gasteiger partial charge is 0.478 e. The van der Waals surface area contributed by atoms with Gasteiger partial charge in [-0.1, -0.05) is 6.07 Å². The Bertz CT molecular complexity index is 396. The van der Waals surface area contributed by atoms with E-state index in [-0.39, 0.29) is 11.1 Å². The predicted octanol–water partition coefficient (Wildman–Crippen LogP) is 1.74. The van der Waals surface area contributed by atoms with Gasteiger partial charge in [0.2, 0.25) is 0 Å². The van der Waals surface area contributed by atoms with Crippen LogP contribution in [0.4, 0.5) is 4.39 Å².